The Morgan fingerprint density at radius 2 is 2.16 bits per heavy atom. The first-order chi connectivity index (χ1) is 8.78. The van der Waals surface area contributed by atoms with Crippen molar-refractivity contribution in [3.63, 3.8) is 0 Å². The lowest BCUT2D eigenvalue weighted by Crippen LogP contribution is -2.43. The zero-order valence-corrected chi connectivity index (χ0v) is 16.2. The van der Waals surface area contributed by atoms with Gasteiger partial charge < -0.3 is 10.6 Å². The molecule has 0 aromatic carbocycles. The summed E-state index contributed by atoms with van der Waals surface area (Å²) in [5, 5.41) is 6.80. The van der Waals surface area contributed by atoms with E-state index in [2.05, 4.69) is 62.5 Å². The number of aliphatic imine (C=N–C) groups is 1. The molecule has 0 radical (unpaired) electrons. The molecular formula is C13H19I2N3S. The fourth-order valence-corrected chi connectivity index (χ4v) is 3.67. The molecule has 3 nitrogen and oxygen atoms in total. The van der Waals surface area contributed by atoms with E-state index in [1.165, 1.54) is 7.76 Å². The van der Waals surface area contributed by atoms with Crippen molar-refractivity contribution in [2.24, 2.45) is 4.99 Å². The van der Waals surface area contributed by atoms with E-state index in [0.717, 1.165) is 31.8 Å². The quantitative estimate of drug-likeness (QED) is 0.286. The maximum atomic E-state index is 4.26. The minimum absolute atomic E-state index is 0. The molecule has 19 heavy (non-hydrogen) atoms. The topological polar surface area (TPSA) is 36.4 Å². The van der Waals surface area contributed by atoms with Crippen LogP contribution in [0.5, 0.6) is 0 Å². The first-order valence-electron chi connectivity index (χ1n) is 6.14. The molecule has 0 fully saturated rings. The Balaban J connectivity index is 0.00000180. The molecule has 0 atom stereocenters. The lowest BCUT2D eigenvalue weighted by atomic mass is 10.2. The van der Waals surface area contributed by atoms with E-state index in [1.807, 2.05) is 18.4 Å². The van der Waals surface area contributed by atoms with E-state index in [1.54, 1.807) is 0 Å². The van der Waals surface area contributed by atoms with Crippen molar-refractivity contribution in [2.45, 2.75) is 25.3 Å². The van der Waals surface area contributed by atoms with Crippen LogP contribution in [-0.4, -0.2) is 25.6 Å². The molecule has 0 spiro atoms. The summed E-state index contributed by atoms with van der Waals surface area (Å²) in [6, 6.07) is 4.88. The molecular weight excluding hydrogens is 484 g/mol. The van der Waals surface area contributed by atoms with Crippen molar-refractivity contribution in [1.29, 1.82) is 0 Å². The predicted octanol–water partition coefficient (Wildman–Crippen LogP) is 3.40. The van der Waals surface area contributed by atoms with Crippen molar-refractivity contribution in [1.82, 2.24) is 10.6 Å². The molecule has 0 aliphatic heterocycles. The Labute approximate surface area is 149 Å². The van der Waals surface area contributed by atoms with Gasteiger partial charge in [0.05, 0.1) is 2.88 Å². The summed E-state index contributed by atoms with van der Waals surface area (Å²) >= 11 is 4.22. The Kier molecular flexibility index (Phi) is 8.31. The summed E-state index contributed by atoms with van der Waals surface area (Å²) in [4.78, 5) is 5.68. The number of hydrogen-bond acceptors (Lipinski definition) is 2. The van der Waals surface area contributed by atoms with Gasteiger partial charge in [-0.2, -0.15) is 0 Å². The molecule has 0 bridgehead atoms. The zero-order chi connectivity index (χ0) is 12.8. The smallest absolute Gasteiger partial charge is 0.191 e. The molecule has 0 saturated heterocycles. The van der Waals surface area contributed by atoms with Gasteiger partial charge in [-0.3, -0.25) is 4.99 Å². The first kappa shape index (κ1) is 17.2. The standard InChI is InChI=1S/C13H18IN3S.HI/c1-15-13(17-10-4-2-3-5-10)16-9-8-11-6-7-12(14)18-11;/h2-3,6-7,10H,4-5,8-9H2,1H3,(H2,15,16,17);1H. The molecule has 1 heterocycles. The molecule has 0 saturated carbocycles. The van der Waals surface area contributed by atoms with Gasteiger partial charge in [0.25, 0.3) is 0 Å². The average molecular weight is 503 g/mol. The van der Waals surface area contributed by atoms with Crippen LogP contribution in [0.3, 0.4) is 0 Å². The normalized spacial score (nSPS) is 15.4. The van der Waals surface area contributed by atoms with Crippen molar-refractivity contribution >= 4 is 63.9 Å². The van der Waals surface area contributed by atoms with Crippen molar-refractivity contribution in [2.75, 3.05) is 13.6 Å². The molecule has 2 rings (SSSR count). The molecule has 6 heteroatoms. The maximum Gasteiger partial charge on any atom is 0.191 e. The van der Waals surface area contributed by atoms with Gasteiger partial charge >= 0.3 is 0 Å². The van der Waals surface area contributed by atoms with Crippen LogP contribution in [0.2, 0.25) is 0 Å². The molecule has 1 aliphatic carbocycles. The van der Waals surface area contributed by atoms with Crippen LogP contribution in [0.15, 0.2) is 29.3 Å². The van der Waals surface area contributed by atoms with E-state index in [-0.39, 0.29) is 24.0 Å². The third kappa shape index (κ3) is 5.99. The van der Waals surface area contributed by atoms with E-state index in [4.69, 9.17) is 0 Å². The minimum atomic E-state index is 0. The van der Waals surface area contributed by atoms with Crippen LogP contribution in [-0.2, 0) is 6.42 Å². The number of rotatable bonds is 4. The molecule has 106 valence electrons. The van der Waals surface area contributed by atoms with Gasteiger partial charge in [0, 0.05) is 24.5 Å². The van der Waals surface area contributed by atoms with Crippen molar-refractivity contribution in [3.05, 3.63) is 32.0 Å². The highest BCUT2D eigenvalue weighted by atomic mass is 127. The third-order valence-corrected chi connectivity index (χ3v) is 4.82. The average Bonchev–Trinajstić information content (AvgIpc) is 3.00. The number of hydrogen-bond donors (Lipinski definition) is 2. The monoisotopic (exact) mass is 503 g/mol. The summed E-state index contributed by atoms with van der Waals surface area (Å²) < 4.78 is 1.35. The third-order valence-electron chi connectivity index (χ3n) is 2.87. The van der Waals surface area contributed by atoms with Gasteiger partial charge in [-0.15, -0.1) is 35.3 Å². The Bertz CT molecular complexity index is 435. The maximum absolute atomic E-state index is 4.26. The molecule has 1 aliphatic rings. The van der Waals surface area contributed by atoms with Crippen LogP contribution >= 0.6 is 57.9 Å². The van der Waals surface area contributed by atoms with Crippen LogP contribution in [0, 0.1) is 2.88 Å². The second-order valence-corrected chi connectivity index (χ2v) is 7.30. The highest BCUT2D eigenvalue weighted by molar-refractivity contribution is 14.1. The zero-order valence-electron chi connectivity index (χ0n) is 10.9. The van der Waals surface area contributed by atoms with E-state index < -0.39 is 0 Å². The number of halogens is 2. The summed E-state index contributed by atoms with van der Waals surface area (Å²) in [5.74, 6) is 0.912. The summed E-state index contributed by atoms with van der Waals surface area (Å²) in [5.41, 5.74) is 0. The van der Waals surface area contributed by atoms with Gasteiger partial charge in [0.1, 0.15) is 0 Å². The molecule has 2 N–H and O–H groups in total. The first-order valence-corrected chi connectivity index (χ1v) is 8.04. The largest absolute Gasteiger partial charge is 0.356 e. The highest BCUT2D eigenvalue weighted by Gasteiger charge is 2.11. The summed E-state index contributed by atoms with van der Waals surface area (Å²) in [7, 11) is 1.83. The van der Waals surface area contributed by atoms with Crippen molar-refractivity contribution < 1.29 is 0 Å². The molecule has 1 aromatic rings. The SMILES string of the molecule is CN=C(NCCc1ccc(I)s1)NC1CC=CC1.I. The van der Waals surface area contributed by atoms with Crippen LogP contribution in [0.1, 0.15) is 17.7 Å². The Hall–Kier alpha value is 0.170. The number of nitrogens with one attached hydrogen (secondary N) is 2. The lowest BCUT2D eigenvalue weighted by molar-refractivity contribution is 0.633. The van der Waals surface area contributed by atoms with E-state index in [9.17, 15) is 0 Å². The van der Waals surface area contributed by atoms with Gasteiger partial charge in [-0.1, -0.05) is 12.2 Å². The minimum Gasteiger partial charge on any atom is -0.356 e. The van der Waals surface area contributed by atoms with Crippen LogP contribution in [0.25, 0.3) is 0 Å². The summed E-state index contributed by atoms with van der Waals surface area (Å²) in [6.45, 7) is 0.927. The Morgan fingerprint density at radius 1 is 1.42 bits per heavy atom. The number of guanidine groups is 1. The highest BCUT2D eigenvalue weighted by Crippen LogP contribution is 2.18. The van der Waals surface area contributed by atoms with Crippen LogP contribution < -0.4 is 10.6 Å². The van der Waals surface area contributed by atoms with Crippen molar-refractivity contribution in [3.8, 4) is 0 Å². The predicted molar refractivity (Wildman–Crippen MR) is 103 cm³/mol. The van der Waals surface area contributed by atoms with Gasteiger partial charge in [-0.25, -0.2) is 0 Å². The number of nitrogens with zero attached hydrogens (tertiary/aromatic N) is 1. The van der Waals surface area contributed by atoms with Crippen LogP contribution in [0.4, 0.5) is 0 Å². The van der Waals surface area contributed by atoms with E-state index in [0.29, 0.717) is 6.04 Å². The van der Waals surface area contributed by atoms with Gasteiger partial charge in [0.15, 0.2) is 5.96 Å². The van der Waals surface area contributed by atoms with Gasteiger partial charge in [0.2, 0.25) is 0 Å². The summed E-state index contributed by atoms with van der Waals surface area (Å²) in [6.07, 6.45) is 7.70. The van der Waals surface area contributed by atoms with Gasteiger partial charge in [-0.05, 0) is 54.0 Å². The fourth-order valence-electron chi connectivity index (χ4n) is 1.91. The number of thiophene rings is 1. The second kappa shape index (κ2) is 9.17. The molecule has 1 aromatic heterocycles. The second-order valence-electron chi connectivity index (χ2n) is 4.24. The lowest BCUT2D eigenvalue weighted by Gasteiger charge is -2.16. The Morgan fingerprint density at radius 3 is 2.74 bits per heavy atom. The fraction of sp³-hybridized carbons (Fsp3) is 0.462. The molecule has 0 amide bonds. The van der Waals surface area contributed by atoms with E-state index >= 15 is 0 Å². The molecule has 0 unspecified atom stereocenters.